The van der Waals surface area contributed by atoms with Crippen LogP contribution in [0.4, 0.5) is 0 Å². The molecule has 8 nitrogen and oxygen atoms in total. The molecule has 1 unspecified atom stereocenters. The maximum atomic E-state index is 12.9. The Balaban J connectivity index is 0.000000454. The quantitative estimate of drug-likeness (QED) is 0.667. The molecule has 3 saturated heterocycles. The second kappa shape index (κ2) is 12.7. The second-order valence-electron chi connectivity index (χ2n) is 9.32. The van der Waals surface area contributed by atoms with Crippen LogP contribution in [0.3, 0.4) is 0 Å². The Morgan fingerprint density at radius 1 is 0.788 bits per heavy atom. The third-order valence-corrected chi connectivity index (χ3v) is 6.98. The summed E-state index contributed by atoms with van der Waals surface area (Å²) < 4.78 is 0. The first-order valence-corrected chi connectivity index (χ1v) is 12.2. The van der Waals surface area contributed by atoms with E-state index in [9.17, 15) is 4.79 Å². The predicted molar refractivity (Wildman–Crippen MR) is 125 cm³/mol. The molecule has 0 aliphatic carbocycles. The molecule has 0 radical (unpaired) electrons. The molecular formula is C25H37N3O5. The van der Waals surface area contributed by atoms with Crippen molar-refractivity contribution in [2.45, 2.75) is 57.5 Å². The zero-order valence-electron chi connectivity index (χ0n) is 19.4. The maximum absolute atomic E-state index is 12.9. The van der Waals surface area contributed by atoms with E-state index in [1.165, 1.54) is 63.7 Å². The highest BCUT2D eigenvalue weighted by molar-refractivity contribution is 6.27. The van der Waals surface area contributed by atoms with Crippen LogP contribution < -0.4 is 0 Å². The number of piperidine rings is 3. The molecule has 0 aromatic heterocycles. The van der Waals surface area contributed by atoms with Gasteiger partial charge >= 0.3 is 11.9 Å². The third kappa shape index (κ3) is 7.82. The Hall–Kier alpha value is -2.45. The number of hydrogen-bond donors (Lipinski definition) is 2. The summed E-state index contributed by atoms with van der Waals surface area (Å²) >= 11 is 0. The molecule has 3 fully saturated rings. The first-order chi connectivity index (χ1) is 15.9. The lowest BCUT2D eigenvalue weighted by atomic mass is 9.92. The summed E-state index contributed by atoms with van der Waals surface area (Å²) in [7, 11) is 0. The van der Waals surface area contributed by atoms with Crippen molar-refractivity contribution < 1.29 is 24.6 Å². The number of nitrogens with zero attached hydrogens (tertiary/aromatic N) is 3. The number of benzene rings is 1. The third-order valence-electron chi connectivity index (χ3n) is 6.98. The maximum Gasteiger partial charge on any atom is 0.414 e. The van der Waals surface area contributed by atoms with E-state index in [1.807, 2.05) is 0 Å². The zero-order valence-corrected chi connectivity index (χ0v) is 19.4. The van der Waals surface area contributed by atoms with Crippen LogP contribution in [-0.2, 0) is 20.9 Å². The molecule has 4 rings (SSSR count). The molecule has 182 valence electrons. The number of carboxylic acids is 2. The fourth-order valence-electron chi connectivity index (χ4n) is 5.20. The van der Waals surface area contributed by atoms with Gasteiger partial charge in [0.25, 0.3) is 0 Å². The van der Waals surface area contributed by atoms with Gasteiger partial charge in [0.15, 0.2) is 0 Å². The summed E-state index contributed by atoms with van der Waals surface area (Å²) in [6.45, 7) is 7.61. The van der Waals surface area contributed by atoms with Gasteiger partial charge in [-0.25, -0.2) is 9.59 Å². The minimum Gasteiger partial charge on any atom is -0.473 e. The molecule has 2 N–H and O–H groups in total. The summed E-state index contributed by atoms with van der Waals surface area (Å²) in [6.07, 6.45) is 8.47. The fourth-order valence-corrected chi connectivity index (χ4v) is 5.20. The first kappa shape index (κ1) is 25.2. The van der Waals surface area contributed by atoms with E-state index in [1.54, 1.807) is 0 Å². The van der Waals surface area contributed by atoms with Crippen molar-refractivity contribution in [3.8, 4) is 0 Å². The molecular weight excluding hydrogens is 422 g/mol. The van der Waals surface area contributed by atoms with E-state index in [0.717, 1.165) is 32.6 Å². The minimum atomic E-state index is -1.82. The van der Waals surface area contributed by atoms with Crippen molar-refractivity contribution >= 4 is 17.8 Å². The molecule has 1 aromatic rings. The largest absolute Gasteiger partial charge is 0.473 e. The number of hydrogen-bond acceptors (Lipinski definition) is 5. The van der Waals surface area contributed by atoms with Crippen LogP contribution in [0.25, 0.3) is 0 Å². The Morgan fingerprint density at radius 2 is 1.42 bits per heavy atom. The number of amides is 1. The van der Waals surface area contributed by atoms with Crippen LogP contribution in [0.5, 0.6) is 0 Å². The predicted octanol–water partition coefficient (Wildman–Crippen LogP) is 2.53. The van der Waals surface area contributed by atoms with Gasteiger partial charge in [-0.1, -0.05) is 30.3 Å². The molecule has 1 aromatic carbocycles. The van der Waals surface area contributed by atoms with Gasteiger partial charge < -0.3 is 15.1 Å². The van der Waals surface area contributed by atoms with Gasteiger partial charge in [0, 0.05) is 32.2 Å². The average Bonchev–Trinajstić information content (AvgIpc) is 2.85. The molecule has 0 saturated carbocycles. The monoisotopic (exact) mass is 459 g/mol. The van der Waals surface area contributed by atoms with Crippen molar-refractivity contribution in [1.82, 2.24) is 14.7 Å². The molecule has 1 amide bonds. The van der Waals surface area contributed by atoms with Gasteiger partial charge in [0.2, 0.25) is 5.91 Å². The van der Waals surface area contributed by atoms with Crippen LogP contribution in [0.2, 0.25) is 0 Å². The van der Waals surface area contributed by atoms with Gasteiger partial charge in [-0.2, -0.15) is 0 Å². The van der Waals surface area contributed by atoms with Gasteiger partial charge in [-0.3, -0.25) is 14.6 Å². The summed E-state index contributed by atoms with van der Waals surface area (Å²) in [4.78, 5) is 38.5. The van der Waals surface area contributed by atoms with Crippen LogP contribution in [-0.4, -0.2) is 88.1 Å². The van der Waals surface area contributed by atoms with Gasteiger partial charge in [0.1, 0.15) is 0 Å². The normalized spacial score (nSPS) is 22.8. The highest BCUT2D eigenvalue weighted by Gasteiger charge is 2.33. The Labute approximate surface area is 196 Å². The van der Waals surface area contributed by atoms with E-state index >= 15 is 0 Å². The highest BCUT2D eigenvalue weighted by atomic mass is 16.4. The summed E-state index contributed by atoms with van der Waals surface area (Å²) in [5, 5.41) is 14.8. The fraction of sp³-hybridized carbons (Fsp3) is 0.640. The zero-order chi connectivity index (χ0) is 23.6. The SMILES string of the molecule is O=C(C1CCCN(C2CCN(Cc3ccccc3)CC2)C1)N1CCCCC1.O=C(O)C(=O)O. The molecule has 33 heavy (non-hydrogen) atoms. The molecule has 3 heterocycles. The lowest BCUT2D eigenvalue weighted by Crippen LogP contribution is -2.51. The van der Waals surface area contributed by atoms with Gasteiger partial charge in [-0.15, -0.1) is 0 Å². The molecule has 0 bridgehead atoms. The standard InChI is InChI=1S/C23H35N3O.C2H2O4/c27-23(25-13-5-2-6-14-25)21-10-7-15-26(19-21)22-11-16-24(17-12-22)18-20-8-3-1-4-9-20;3-1(4)2(5)6/h1,3-4,8-9,21-22H,2,5-7,10-19H2;(H,3,4)(H,5,6). The van der Waals surface area contributed by atoms with Crippen molar-refractivity contribution in [3.63, 3.8) is 0 Å². The molecule has 3 aliphatic heterocycles. The van der Waals surface area contributed by atoms with E-state index in [4.69, 9.17) is 19.8 Å². The number of carboxylic acid groups (broad SMARTS) is 2. The van der Waals surface area contributed by atoms with Crippen LogP contribution in [0, 0.1) is 5.92 Å². The van der Waals surface area contributed by atoms with Crippen molar-refractivity contribution in [1.29, 1.82) is 0 Å². The van der Waals surface area contributed by atoms with E-state index in [-0.39, 0.29) is 5.92 Å². The lowest BCUT2D eigenvalue weighted by Gasteiger charge is -2.43. The number of likely N-dealkylation sites (tertiary alicyclic amines) is 3. The molecule has 1 atom stereocenters. The van der Waals surface area contributed by atoms with E-state index in [0.29, 0.717) is 11.9 Å². The van der Waals surface area contributed by atoms with Crippen molar-refractivity contribution in [3.05, 3.63) is 35.9 Å². The summed E-state index contributed by atoms with van der Waals surface area (Å²) in [6, 6.07) is 11.5. The van der Waals surface area contributed by atoms with E-state index < -0.39 is 11.9 Å². The molecule has 8 heteroatoms. The van der Waals surface area contributed by atoms with Crippen LogP contribution in [0.1, 0.15) is 50.5 Å². The topological polar surface area (TPSA) is 101 Å². The molecule has 3 aliphatic rings. The molecule has 0 spiro atoms. The van der Waals surface area contributed by atoms with E-state index in [2.05, 4.69) is 45.0 Å². The Morgan fingerprint density at radius 3 is 2.03 bits per heavy atom. The second-order valence-corrected chi connectivity index (χ2v) is 9.32. The smallest absolute Gasteiger partial charge is 0.414 e. The number of carbonyl (C=O) groups excluding carboxylic acids is 1. The van der Waals surface area contributed by atoms with Gasteiger partial charge in [-0.05, 0) is 70.1 Å². The Bertz CT molecular complexity index is 762. The van der Waals surface area contributed by atoms with Gasteiger partial charge in [0.05, 0.1) is 5.92 Å². The van der Waals surface area contributed by atoms with Crippen molar-refractivity contribution in [2.24, 2.45) is 5.92 Å². The number of aliphatic carboxylic acids is 2. The minimum absolute atomic E-state index is 0.249. The van der Waals surface area contributed by atoms with Crippen molar-refractivity contribution in [2.75, 3.05) is 39.3 Å². The van der Waals surface area contributed by atoms with Crippen LogP contribution >= 0.6 is 0 Å². The highest BCUT2D eigenvalue weighted by Crippen LogP contribution is 2.26. The summed E-state index contributed by atoms with van der Waals surface area (Å²) in [5.41, 5.74) is 1.42. The lowest BCUT2D eigenvalue weighted by molar-refractivity contribution is -0.159. The first-order valence-electron chi connectivity index (χ1n) is 12.2. The summed E-state index contributed by atoms with van der Waals surface area (Å²) in [5.74, 6) is -2.95. The average molecular weight is 460 g/mol. The Kier molecular flexibility index (Phi) is 9.69. The van der Waals surface area contributed by atoms with Crippen LogP contribution in [0.15, 0.2) is 30.3 Å². The number of carbonyl (C=O) groups is 3. The number of rotatable bonds is 4.